The van der Waals surface area contributed by atoms with Crippen LogP contribution in [0.25, 0.3) is 10.9 Å². The van der Waals surface area contributed by atoms with Crippen molar-refractivity contribution in [3.8, 4) is 5.75 Å². The molecule has 1 heterocycles. The summed E-state index contributed by atoms with van der Waals surface area (Å²) < 4.78 is 7.74. The Labute approximate surface area is 170 Å². The van der Waals surface area contributed by atoms with Gasteiger partial charge in [-0.15, -0.1) is 11.8 Å². The van der Waals surface area contributed by atoms with Gasteiger partial charge in [0.05, 0.1) is 7.11 Å². The fourth-order valence-electron chi connectivity index (χ4n) is 3.74. The first-order valence-corrected chi connectivity index (χ1v) is 10.7. The highest BCUT2D eigenvalue weighted by Crippen LogP contribution is 2.32. The number of hydrogen-bond acceptors (Lipinski definition) is 3. The van der Waals surface area contributed by atoms with Gasteiger partial charge in [0, 0.05) is 34.5 Å². The van der Waals surface area contributed by atoms with Crippen molar-refractivity contribution in [1.82, 2.24) is 4.57 Å². The van der Waals surface area contributed by atoms with Gasteiger partial charge in [0.1, 0.15) is 5.75 Å². The number of benzene rings is 2. The number of aliphatic carboxylic acids is 1. The van der Waals surface area contributed by atoms with E-state index in [1.54, 1.807) is 18.9 Å². The highest BCUT2D eigenvalue weighted by Gasteiger charge is 2.18. The van der Waals surface area contributed by atoms with Gasteiger partial charge in [-0.3, -0.25) is 4.79 Å². The molecule has 148 valence electrons. The third kappa shape index (κ3) is 4.36. The van der Waals surface area contributed by atoms with Gasteiger partial charge in [-0.05, 0) is 67.0 Å². The molecule has 0 spiro atoms. The lowest BCUT2D eigenvalue weighted by Crippen LogP contribution is -2.12. The Morgan fingerprint density at radius 2 is 1.93 bits per heavy atom. The summed E-state index contributed by atoms with van der Waals surface area (Å²) in [6.07, 6.45) is 2.98. The summed E-state index contributed by atoms with van der Waals surface area (Å²) in [5.41, 5.74) is 4.79. The predicted octanol–water partition coefficient (Wildman–Crippen LogP) is 5.38. The monoisotopic (exact) mass is 397 g/mol. The highest BCUT2D eigenvalue weighted by atomic mass is 32.2. The van der Waals surface area contributed by atoms with Crippen LogP contribution in [0, 0.1) is 12.8 Å². The molecule has 4 nitrogen and oxygen atoms in total. The molecule has 2 aromatic carbocycles. The van der Waals surface area contributed by atoms with Gasteiger partial charge in [0.15, 0.2) is 0 Å². The van der Waals surface area contributed by atoms with Crippen LogP contribution >= 0.6 is 11.8 Å². The van der Waals surface area contributed by atoms with Gasteiger partial charge in [0.25, 0.3) is 0 Å². The lowest BCUT2D eigenvalue weighted by Gasteiger charge is -2.15. The number of nitrogens with zero attached hydrogens (tertiary/aromatic N) is 1. The fourth-order valence-corrected chi connectivity index (χ4v) is 4.15. The molecule has 0 aliphatic heterocycles. The standard InChI is InChI=1S/C23H27NO3S/c1-15(12-23(25)26)11-22-16(2)20-13-18(27-3)7-10-21(20)24(22)14-17-5-8-19(28-4)9-6-17/h5-10,13,15H,11-12,14H2,1-4H3,(H,25,26). The van der Waals surface area contributed by atoms with Crippen molar-refractivity contribution < 1.29 is 14.6 Å². The van der Waals surface area contributed by atoms with Gasteiger partial charge in [-0.2, -0.15) is 0 Å². The third-order valence-corrected chi connectivity index (χ3v) is 5.97. The van der Waals surface area contributed by atoms with Crippen molar-refractivity contribution in [3.63, 3.8) is 0 Å². The van der Waals surface area contributed by atoms with Crippen molar-refractivity contribution in [1.29, 1.82) is 0 Å². The number of rotatable bonds is 8. The average Bonchev–Trinajstić information content (AvgIpc) is 2.93. The van der Waals surface area contributed by atoms with Crippen LogP contribution in [-0.2, 0) is 17.8 Å². The van der Waals surface area contributed by atoms with Gasteiger partial charge in [-0.1, -0.05) is 19.1 Å². The number of carboxylic acids is 1. The number of thioether (sulfide) groups is 1. The van der Waals surface area contributed by atoms with E-state index in [1.165, 1.54) is 21.7 Å². The van der Waals surface area contributed by atoms with E-state index in [4.69, 9.17) is 9.84 Å². The molecule has 3 rings (SSSR count). The van der Waals surface area contributed by atoms with Crippen molar-refractivity contribution in [2.45, 2.75) is 38.1 Å². The van der Waals surface area contributed by atoms with E-state index in [-0.39, 0.29) is 12.3 Å². The summed E-state index contributed by atoms with van der Waals surface area (Å²) in [6.45, 7) is 4.89. The topological polar surface area (TPSA) is 51.5 Å². The summed E-state index contributed by atoms with van der Waals surface area (Å²) in [5, 5.41) is 10.3. The van der Waals surface area contributed by atoms with Crippen molar-refractivity contribution >= 4 is 28.6 Å². The molecule has 0 saturated carbocycles. The largest absolute Gasteiger partial charge is 0.497 e. The summed E-state index contributed by atoms with van der Waals surface area (Å²) in [6, 6.07) is 14.8. The molecule has 5 heteroatoms. The van der Waals surface area contributed by atoms with Gasteiger partial charge in [-0.25, -0.2) is 0 Å². The minimum atomic E-state index is -0.748. The molecular weight excluding hydrogens is 370 g/mol. The van der Waals surface area contributed by atoms with Crippen LogP contribution in [0.3, 0.4) is 0 Å². The number of ether oxygens (including phenoxy) is 1. The molecule has 0 aliphatic rings. The van der Waals surface area contributed by atoms with E-state index in [0.717, 1.165) is 29.6 Å². The molecule has 0 bridgehead atoms. The number of carbonyl (C=O) groups is 1. The van der Waals surface area contributed by atoms with E-state index >= 15 is 0 Å². The zero-order chi connectivity index (χ0) is 20.3. The molecule has 28 heavy (non-hydrogen) atoms. The second-order valence-corrected chi connectivity index (χ2v) is 8.18. The Balaban J connectivity index is 2.05. The molecule has 0 amide bonds. The Morgan fingerprint density at radius 3 is 2.54 bits per heavy atom. The molecule has 0 fully saturated rings. The zero-order valence-corrected chi connectivity index (χ0v) is 17.7. The molecule has 1 aromatic heterocycles. The predicted molar refractivity (Wildman–Crippen MR) is 116 cm³/mol. The maximum Gasteiger partial charge on any atom is 0.303 e. The normalized spacial score (nSPS) is 12.3. The second kappa shape index (κ2) is 8.74. The van der Waals surface area contributed by atoms with Crippen LogP contribution in [0.2, 0.25) is 0 Å². The highest BCUT2D eigenvalue weighted by molar-refractivity contribution is 7.98. The number of carboxylic acid groups (broad SMARTS) is 1. The molecule has 0 radical (unpaired) electrons. The first-order valence-electron chi connectivity index (χ1n) is 9.43. The SMILES string of the molecule is COc1ccc2c(c1)c(C)c(CC(C)CC(=O)O)n2Cc1ccc(SC)cc1. The molecule has 1 unspecified atom stereocenters. The van der Waals surface area contributed by atoms with Crippen molar-refractivity contribution in [3.05, 3.63) is 59.3 Å². The summed E-state index contributed by atoms with van der Waals surface area (Å²) in [7, 11) is 1.68. The smallest absolute Gasteiger partial charge is 0.303 e. The van der Waals surface area contributed by atoms with E-state index in [9.17, 15) is 4.79 Å². The van der Waals surface area contributed by atoms with Crippen LogP contribution in [0.5, 0.6) is 5.75 Å². The second-order valence-electron chi connectivity index (χ2n) is 7.30. The lowest BCUT2D eigenvalue weighted by molar-refractivity contribution is -0.137. The van der Waals surface area contributed by atoms with E-state index in [0.29, 0.717) is 0 Å². The first kappa shape index (κ1) is 20.3. The van der Waals surface area contributed by atoms with Crippen LogP contribution in [0.15, 0.2) is 47.4 Å². The summed E-state index contributed by atoms with van der Waals surface area (Å²) in [5.74, 6) is 0.157. The molecule has 0 aliphatic carbocycles. The molecule has 1 atom stereocenters. The quantitative estimate of drug-likeness (QED) is 0.518. The average molecular weight is 398 g/mol. The van der Waals surface area contributed by atoms with Crippen LogP contribution in [-0.4, -0.2) is 29.0 Å². The van der Waals surface area contributed by atoms with Crippen LogP contribution in [0.4, 0.5) is 0 Å². The number of fused-ring (bicyclic) bond motifs is 1. The van der Waals surface area contributed by atoms with E-state index < -0.39 is 5.97 Å². The Hall–Kier alpha value is -2.40. The van der Waals surface area contributed by atoms with Gasteiger partial charge < -0.3 is 14.4 Å². The Kier molecular flexibility index (Phi) is 6.35. The molecule has 0 saturated heterocycles. The lowest BCUT2D eigenvalue weighted by atomic mass is 9.99. The maximum atomic E-state index is 11.2. The van der Waals surface area contributed by atoms with Crippen molar-refractivity contribution in [2.75, 3.05) is 13.4 Å². The number of aryl methyl sites for hydroxylation is 1. The third-order valence-electron chi connectivity index (χ3n) is 5.22. The molecule has 1 N–H and O–H groups in total. The first-order chi connectivity index (χ1) is 13.4. The minimum Gasteiger partial charge on any atom is -0.497 e. The van der Waals surface area contributed by atoms with Crippen LogP contribution in [0.1, 0.15) is 30.2 Å². The number of methoxy groups -OCH3 is 1. The molecule has 3 aromatic rings. The summed E-state index contributed by atoms with van der Waals surface area (Å²) >= 11 is 1.74. The number of aromatic nitrogens is 1. The van der Waals surface area contributed by atoms with Crippen LogP contribution < -0.4 is 4.74 Å². The summed E-state index contributed by atoms with van der Waals surface area (Å²) in [4.78, 5) is 12.4. The minimum absolute atomic E-state index is 0.0695. The Morgan fingerprint density at radius 1 is 1.21 bits per heavy atom. The van der Waals surface area contributed by atoms with E-state index in [2.05, 4.69) is 54.1 Å². The zero-order valence-electron chi connectivity index (χ0n) is 16.9. The van der Waals surface area contributed by atoms with Gasteiger partial charge in [0.2, 0.25) is 0 Å². The Bertz CT molecular complexity index is 976. The number of hydrogen-bond donors (Lipinski definition) is 1. The van der Waals surface area contributed by atoms with Gasteiger partial charge >= 0.3 is 5.97 Å². The van der Waals surface area contributed by atoms with Crippen molar-refractivity contribution in [2.24, 2.45) is 5.92 Å². The maximum absolute atomic E-state index is 11.2. The van der Waals surface area contributed by atoms with E-state index in [1.807, 2.05) is 13.0 Å². The fraction of sp³-hybridized carbons (Fsp3) is 0.348. The molecular formula is C23H27NO3S.